The number of aryl methyl sites for hydroxylation is 2. The summed E-state index contributed by atoms with van der Waals surface area (Å²) in [5.74, 6) is 0.816. The molecular formula is C23H23F3N6O. The lowest BCUT2D eigenvalue weighted by Gasteiger charge is -2.19. The predicted octanol–water partition coefficient (Wildman–Crippen LogP) is 5.21. The molecule has 3 heterocycles. The maximum atomic E-state index is 13.8. The summed E-state index contributed by atoms with van der Waals surface area (Å²) >= 11 is 0. The molecule has 33 heavy (non-hydrogen) atoms. The van der Waals surface area contributed by atoms with Crippen molar-refractivity contribution in [3.8, 4) is 22.4 Å². The van der Waals surface area contributed by atoms with Gasteiger partial charge < -0.3 is 20.6 Å². The molecule has 1 saturated carbocycles. The van der Waals surface area contributed by atoms with Gasteiger partial charge in [0.1, 0.15) is 11.3 Å². The van der Waals surface area contributed by atoms with Gasteiger partial charge in [-0.2, -0.15) is 13.2 Å². The van der Waals surface area contributed by atoms with Crippen LogP contribution in [0, 0.1) is 13.8 Å². The van der Waals surface area contributed by atoms with Crippen LogP contribution >= 0.6 is 0 Å². The molecule has 1 aromatic carbocycles. The summed E-state index contributed by atoms with van der Waals surface area (Å²) in [5.41, 5.74) is 8.54. The highest BCUT2D eigenvalue weighted by Crippen LogP contribution is 2.40. The van der Waals surface area contributed by atoms with Gasteiger partial charge in [0.15, 0.2) is 0 Å². The third kappa shape index (κ3) is 3.84. The highest BCUT2D eigenvalue weighted by atomic mass is 19.4. The Labute approximate surface area is 187 Å². The van der Waals surface area contributed by atoms with Gasteiger partial charge in [-0.15, -0.1) is 0 Å². The standard InChI is InChI=1S/C23H23F3N6O/c1-11-20(12(2)33-32-11)13-6-7-14-15(9-28-19(14)8-13)21-16(23(24,25)26)10-29-22(31-21)30-18-5-3-4-17(18)27/h6-10,17-18,28H,3-5,27H2,1-2H3,(H,29,30,31)/t17-,18-/m0/s1. The summed E-state index contributed by atoms with van der Waals surface area (Å²) in [6.07, 6.45) is 0.437. The lowest BCUT2D eigenvalue weighted by atomic mass is 10.0. The van der Waals surface area contributed by atoms with Crippen LogP contribution in [0.1, 0.15) is 36.3 Å². The Kier molecular flexibility index (Phi) is 5.12. The number of anilines is 1. The van der Waals surface area contributed by atoms with E-state index in [0.29, 0.717) is 22.2 Å². The minimum atomic E-state index is -4.60. The third-order valence-corrected chi connectivity index (χ3v) is 6.24. The molecule has 0 radical (unpaired) electrons. The average Bonchev–Trinajstić information content (AvgIpc) is 3.46. The summed E-state index contributed by atoms with van der Waals surface area (Å²) in [4.78, 5) is 11.3. The second-order valence-electron chi connectivity index (χ2n) is 8.46. The lowest BCUT2D eigenvalue weighted by molar-refractivity contribution is -0.137. The molecule has 5 rings (SSSR count). The van der Waals surface area contributed by atoms with E-state index >= 15 is 0 Å². The Morgan fingerprint density at radius 2 is 2.03 bits per heavy atom. The highest BCUT2D eigenvalue weighted by molar-refractivity contribution is 5.97. The van der Waals surface area contributed by atoms with Crippen LogP contribution in [0.4, 0.5) is 19.1 Å². The van der Waals surface area contributed by atoms with Gasteiger partial charge in [-0.1, -0.05) is 17.3 Å². The number of rotatable bonds is 4. The van der Waals surface area contributed by atoms with E-state index in [1.54, 1.807) is 12.3 Å². The van der Waals surface area contributed by atoms with E-state index in [-0.39, 0.29) is 23.7 Å². The van der Waals surface area contributed by atoms with Gasteiger partial charge >= 0.3 is 6.18 Å². The Balaban J connectivity index is 1.59. The van der Waals surface area contributed by atoms with Crippen molar-refractivity contribution in [3.63, 3.8) is 0 Å². The van der Waals surface area contributed by atoms with Crippen molar-refractivity contribution >= 4 is 16.9 Å². The molecule has 7 nitrogen and oxygen atoms in total. The summed E-state index contributed by atoms with van der Waals surface area (Å²) in [5, 5.41) is 7.72. The monoisotopic (exact) mass is 456 g/mol. The summed E-state index contributed by atoms with van der Waals surface area (Å²) in [6, 6.07) is 5.36. The molecule has 10 heteroatoms. The van der Waals surface area contributed by atoms with Gasteiger partial charge in [0, 0.05) is 46.5 Å². The number of hydrogen-bond acceptors (Lipinski definition) is 6. The highest BCUT2D eigenvalue weighted by Gasteiger charge is 2.36. The molecule has 0 amide bonds. The Morgan fingerprint density at radius 1 is 1.21 bits per heavy atom. The van der Waals surface area contributed by atoms with Crippen molar-refractivity contribution in [2.45, 2.75) is 51.4 Å². The number of nitrogens with zero attached hydrogens (tertiary/aromatic N) is 3. The molecule has 4 aromatic rings. The first-order valence-corrected chi connectivity index (χ1v) is 10.7. The van der Waals surface area contributed by atoms with Gasteiger partial charge in [0.05, 0.1) is 11.4 Å². The molecule has 1 fully saturated rings. The Bertz CT molecular complexity index is 1310. The summed E-state index contributed by atoms with van der Waals surface area (Å²) < 4.78 is 46.7. The molecule has 0 saturated heterocycles. The normalized spacial score (nSPS) is 18.8. The fraction of sp³-hybridized carbons (Fsp3) is 0.348. The lowest BCUT2D eigenvalue weighted by Crippen LogP contribution is -2.35. The second-order valence-corrected chi connectivity index (χ2v) is 8.46. The van der Waals surface area contributed by atoms with Crippen molar-refractivity contribution in [2.75, 3.05) is 5.32 Å². The van der Waals surface area contributed by atoms with Gasteiger partial charge in [0.2, 0.25) is 5.95 Å². The maximum Gasteiger partial charge on any atom is 0.419 e. The first kappa shape index (κ1) is 21.4. The molecule has 1 aliphatic carbocycles. The van der Waals surface area contributed by atoms with Crippen LogP contribution in [0.3, 0.4) is 0 Å². The molecular weight excluding hydrogens is 433 g/mol. The molecule has 2 atom stereocenters. The van der Waals surface area contributed by atoms with Crippen molar-refractivity contribution in [2.24, 2.45) is 5.73 Å². The number of nitrogens with two attached hydrogens (primary N) is 1. The van der Waals surface area contributed by atoms with E-state index in [1.165, 1.54) is 0 Å². The molecule has 4 N–H and O–H groups in total. The predicted molar refractivity (Wildman–Crippen MR) is 119 cm³/mol. The number of aromatic amines is 1. The molecule has 1 aliphatic rings. The molecule has 0 aliphatic heterocycles. The minimum Gasteiger partial charge on any atom is -0.361 e. The van der Waals surface area contributed by atoms with Crippen LogP contribution in [0.2, 0.25) is 0 Å². The fourth-order valence-corrected chi connectivity index (χ4v) is 4.57. The zero-order chi connectivity index (χ0) is 23.3. The van der Waals surface area contributed by atoms with Gasteiger partial charge in [0.25, 0.3) is 0 Å². The topological polar surface area (TPSA) is 106 Å². The van der Waals surface area contributed by atoms with Crippen molar-refractivity contribution in [3.05, 3.63) is 47.6 Å². The number of halogens is 3. The maximum absolute atomic E-state index is 13.8. The van der Waals surface area contributed by atoms with Gasteiger partial charge in [-0.25, -0.2) is 9.97 Å². The molecule has 0 bridgehead atoms. The number of aromatic nitrogens is 4. The molecule has 0 unspecified atom stereocenters. The van der Waals surface area contributed by atoms with Crippen molar-refractivity contribution in [1.29, 1.82) is 0 Å². The second kappa shape index (κ2) is 7.87. The van der Waals surface area contributed by atoms with E-state index in [1.807, 2.05) is 26.0 Å². The number of fused-ring (bicyclic) bond motifs is 1. The first-order chi connectivity index (χ1) is 15.7. The number of H-pyrrole nitrogens is 1. The van der Waals surface area contributed by atoms with Crippen LogP contribution < -0.4 is 11.1 Å². The van der Waals surface area contributed by atoms with E-state index in [2.05, 4.69) is 25.4 Å². The van der Waals surface area contributed by atoms with Crippen LogP contribution in [0.25, 0.3) is 33.3 Å². The zero-order valence-electron chi connectivity index (χ0n) is 18.1. The number of nitrogens with one attached hydrogen (secondary N) is 2. The van der Waals surface area contributed by atoms with E-state index in [0.717, 1.165) is 42.3 Å². The van der Waals surface area contributed by atoms with Gasteiger partial charge in [-0.05, 0) is 44.7 Å². The molecule has 0 spiro atoms. The van der Waals surface area contributed by atoms with E-state index in [9.17, 15) is 13.2 Å². The molecule has 172 valence electrons. The van der Waals surface area contributed by atoms with Crippen LogP contribution in [-0.4, -0.2) is 32.2 Å². The van der Waals surface area contributed by atoms with E-state index in [4.69, 9.17) is 10.3 Å². The number of benzene rings is 1. The quantitative estimate of drug-likeness (QED) is 0.389. The van der Waals surface area contributed by atoms with Crippen LogP contribution in [0.15, 0.2) is 35.1 Å². The number of alkyl halides is 3. The average molecular weight is 456 g/mol. The summed E-state index contributed by atoms with van der Waals surface area (Å²) in [6.45, 7) is 3.67. The van der Waals surface area contributed by atoms with Crippen LogP contribution in [-0.2, 0) is 6.18 Å². The fourth-order valence-electron chi connectivity index (χ4n) is 4.57. The smallest absolute Gasteiger partial charge is 0.361 e. The van der Waals surface area contributed by atoms with E-state index < -0.39 is 11.7 Å². The SMILES string of the molecule is Cc1noc(C)c1-c1ccc2c(-c3nc(N[C@H]4CCC[C@@H]4N)ncc3C(F)(F)F)c[nH]c2c1. The first-order valence-electron chi connectivity index (χ1n) is 10.7. The number of hydrogen-bond donors (Lipinski definition) is 3. The van der Waals surface area contributed by atoms with Crippen molar-refractivity contribution < 1.29 is 17.7 Å². The van der Waals surface area contributed by atoms with Crippen molar-refractivity contribution in [1.82, 2.24) is 20.1 Å². The zero-order valence-corrected chi connectivity index (χ0v) is 18.1. The van der Waals surface area contributed by atoms with Crippen LogP contribution in [0.5, 0.6) is 0 Å². The Hall–Kier alpha value is -3.40. The molecule has 3 aromatic heterocycles. The largest absolute Gasteiger partial charge is 0.419 e. The minimum absolute atomic E-state index is 0.0600. The third-order valence-electron chi connectivity index (χ3n) is 6.24. The van der Waals surface area contributed by atoms with Gasteiger partial charge in [-0.3, -0.25) is 0 Å². The summed E-state index contributed by atoms with van der Waals surface area (Å²) in [7, 11) is 0. The Morgan fingerprint density at radius 3 is 2.70 bits per heavy atom.